The molecule has 0 fully saturated rings. The summed E-state index contributed by atoms with van der Waals surface area (Å²) in [4.78, 5) is 22.3. The van der Waals surface area contributed by atoms with Crippen LogP contribution in [0.5, 0.6) is 0 Å². The number of esters is 1. The number of carbonyl (C=O) groups excluding carboxylic acids is 2. The van der Waals surface area contributed by atoms with Crippen LogP contribution in [0.1, 0.15) is 47.9 Å². The van der Waals surface area contributed by atoms with E-state index in [-0.39, 0.29) is 20.5 Å². The van der Waals surface area contributed by atoms with Gasteiger partial charge in [-0.25, -0.2) is 0 Å². The van der Waals surface area contributed by atoms with Crippen LogP contribution in [-0.4, -0.2) is 38.7 Å². The van der Waals surface area contributed by atoms with E-state index in [0.717, 1.165) is 25.7 Å². The van der Waals surface area contributed by atoms with Gasteiger partial charge >= 0.3 is 5.97 Å². The molecule has 1 amide bonds. The van der Waals surface area contributed by atoms with Crippen LogP contribution in [0.4, 0.5) is 0 Å². The first kappa shape index (κ1) is 17.9. The topological polar surface area (TPSA) is 64.6 Å². The molecular weight excluding hydrogens is 246 g/mol. The Morgan fingerprint density at radius 2 is 1.95 bits per heavy atom. The molecule has 5 heteroatoms. The van der Waals surface area contributed by atoms with Gasteiger partial charge in [0.05, 0.1) is 6.61 Å². The van der Waals surface area contributed by atoms with Crippen LogP contribution in [0.15, 0.2) is 0 Å². The van der Waals surface area contributed by atoms with Crippen LogP contribution in [0, 0.1) is 5.41 Å². The molecule has 0 atom stereocenters. The van der Waals surface area contributed by atoms with Gasteiger partial charge in [-0.1, -0.05) is 27.2 Å². The van der Waals surface area contributed by atoms with Crippen molar-refractivity contribution in [3.8, 4) is 0 Å². The summed E-state index contributed by atoms with van der Waals surface area (Å²) in [5.74, 6) is -0.719. The van der Waals surface area contributed by atoms with Crippen molar-refractivity contribution >= 4 is 11.9 Å². The van der Waals surface area contributed by atoms with Crippen LogP contribution in [0.2, 0.25) is 0 Å². The lowest BCUT2D eigenvalue weighted by Crippen LogP contribution is -2.33. The normalized spacial score (nSPS) is 11.2. The van der Waals surface area contributed by atoms with E-state index >= 15 is 0 Å². The molecule has 0 bridgehead atoms. The summed E-state index contributed by atoms with van der Waals surface area (Å²) in [6.45, 7) is 6.94. The van der Waals surface area contributed by atoms with Gasteiger partial charge in [0.2, 0.25) is 5.91 Å². The molecule has 19 heavy (non-hydrogen) atoms. The van der Waals surface area contributed by atoms with Crippen molar-refractivity contribution in [2.75, 3.05) is 26.9 Å². The quantitative estimate of drug-likeness (QED) is 0.490. The Labute approximate surface area is 117 Å². The molecule has 0 heterocycles. The Kier molecular flexibility index (Phi) is 9.21. The van der Waals surface area contributed by atoms with E-state index in [4.69, 9.17) is 4.74 Å². The molecule has 5 nitrogen and oxygen atoms in total. The maximum atomic E-state index is 11.3. The number of hydrogen-bond acceptors (Lipinski definition) is 4. The first-order chi connectivity index (χ1) is 8.91. The number of methoxy groups -OCH3 is 1. The van der Waals surface area contributed by atoms with Crippen molar-refractivity contribution < 1.29 is 20.5 Å². The summed E-state index contributed by atoms with van der Waals surface area (Å²) in [6.07, 6.45) is 4.19. The fourth-order valence-electron chi connectivity index (χ4n) is 1.47. The average molecular weight is 275 g/mol. The second kappa shape index (κ2) is 9.78. The Balaban J connectivity index is 0. The van der Waals surface area contributed by atoms with E-state index in [1.807, 2.05) is 0 Å². The van der Waals surface area contributed by atoms with Crippen molar-refractivity contribution in [1.82, 2.24) is 5.32 Å². The molecule has 1 N–H and O–H groups in total. The van der Waals surface area contributed by atoms with E-state index in [1.54, 1.807) is 0 Å². The smallest absolute Gasteiger partial charge is 0.325 e. The molecule has 0 spiro atoms. The highest BCUT2D eigenvalue weighted by molar-refractivity contribution is 5.82. The van der Waals surface area contributed by atoms with Gasteiger partial charge in [-0.05, 0) is 24.7 Å². The van der Waals surface area contributed by atoms with Crippen molar-refractivity contribution in [1.29, 1.82) is 0 Å². The van der Waals surface area contributed by atoms with Crippen LogP contribution in [0.3, 0.4) is 0 Å². The van der Waals surface area contributed by atoms with Gasteiger partial charge in [0.25, 0.3) is 0 Å². The summed E-state index contributed by atoms with van der Waals surface area (Å²) in [7, 11) is 1.43. The SMILES string of the molecule is CCC(C)(C)CCCCOC(=O)CNC(=O)COC.[HH]. The highest BCUT2D eigenvalue weighted by Gasteiger charge is 2.14. The molecule has 114 valence electrons. The Morgan fingerprint density at radius 1 is 1.26 bits per heavy atom. The van der Waals surface area contributed by atoms with Gasteiger partial charge in [0, 0.05) is 8.54 Å². The molecule has 0 saturated heterocycles. The summed E-state index contributed by atoms with van der Waals surface area (Å²) >= 11 is 0. The van der Waals surface area contributed by atoms with E-state index in [1.165, 1.54) is 7.11 Å². The predicted octanol–water partition coefficient (Wildman–Crippen LogP) is 2.14. The van der Waals surface area contributed by atoms with Gasteiger partial charge in [-0.3, -0.25) is 9.59 Å². The molecule has 0 aliphatic carbocycles. The minimum Gasteiger partial charge on any atom is -0.464 e. The van der Waals surface area contributed by atoms with E-state index in [9.17, 15) is 9.59 Å². The predicted molar refractivity (Wildman–Crippen MR) is 75.9 cm³/mol. The molecule has 0 aromatic rings. The second-order valence-corrected chi connectivity index (χ2v) is 5.41. The third-order valence-corrected chi connectivity index (χ3v) is 3.17. The van der Waals surface area contributed by atoms with Gasteiger partial charge < -0.3 is 14.8 Å². The molecule has 0 saturated carbocycles. The monoisotopic (exact) mass is 275 g/mol. The zero-order valence-corrected chi connectivity index (χ0v) is 12.6. The van der Waals surface area contributed by atoms with E-state index in [2.05, 4.69) is 30.8 Å². The van der Waals surface area contributed by atoms with Crippen LogP contribution in [0.25, 0.3) is 0 Å². The summed E-state index contributed by atoms with van der Waals surface area (Å²) < 4.78 is 9.65. The second-order valence-electron chi connectivity index (χ2n) is 5.41. The highest BCUT2D eigenvalue weighted by Crippen LogP contribution is 2.26. The Bertz CT molecular complexity index is 282. The lowest BCUT2D eigenvalue weighted by molar-refractivity contribution is -0.144. The number of nitrogens with one attached hydrogen (secondary N) is 1. The van der Waals surface area contributed by atoms with Crippen LogP contribution in [-0.2, 0) is 19.1 Å². The molecule has 0 unspecified atom stereocenters. The number of ether oxygens (including phenoxy) is 2. The van der Waals surface area contributed by atoms with Crippen LogP contribution < -0.4 is 5.32 Å². The molecule has 0 aliphatic rings. The molecule has 0 aromatic carbocycles. The largest absolute Gasteiger partial charge is 0.464 e. The minimum atomic E-state index is -0.404. The van der Waals surface area contributed by atoms with Crippen LogP contribution >= 0.6 is 0 Å². The minimum absolute atomic E-state index is 0. The molecule has 0 rings (SSSR count). The highest BCUT2D eigenvalue weighted by atomic mass is 16.5. The van der Waals surface area contributed by atoms with Crippen molar-refractivity contribution in [3.05, 3.63) is 0 Å². The van der Waals surface area contributed by atoms with Crippen molar-refractivity contribution in [2.24, 2.45) is 5.41 Å². The summed E-state index contributed by atoms with van der Waals surface area (Å²) in [5.41, 5.74) is 0.359. The van der Waals surface area contributed by atoms with E-state index in [0.29, 0.717) is 12.0 Å². The number of unbranched alkanes of at least 4 members (excludes halogenated alkanes) is 1. The number of hydrogen-bond donors (Lipinski definition) is 1. The zero-order chi connectivity index (χ0) is 14.7. The number of rotatable bonds is 10. The summed E-state index contributed by atoms with van der Waals surface area (Å²) in [6, 6.07) is 0. The fraction of sp³-hybridized carbons (Fsp3) is 0.857. The lowest BCUT2D eigenvalue weighted by atomic mass is 9.85. The maximum Gasteiger partial charge on any atom is 0.325 e. The third kappa shape index (κ3) is 10.5. The maximum absolute atomic E-state index is 11.3. The Hall–Kier alpha value is -1.10. The zero-order valence-electron chi connectivity index (χ0n) is 12.6. The molecule has 0 aromatic heterocycles. The average Bonchev–Trinajstić information content (AvgIpc) is 2.36. The van der Waals surface area contributed by atoms with Gasteiger partial charge in [0.1, 0.15) is 13.2 Å². The molecule has 0 aliphatic heterocycles. The Morgan fingerprint density at radius 3 is 2.53 bits per heavy atom. The van der Waals surface area contributed by atoms with Gasteiger partial charge in [-0.2, -0.15) is 0 Å². The number of carbonyl (C=O) groups is 2. The third-order valence-electron chi connectivity index (χ3n) is 3.17. The lowest BCUT2D eigenvalue weighted by Gasteiger charge is -2.22. The first-order valence-electron chi connectivity index (χ1n) is 6.82. The standard InChI is InChI=1S/C14H27NO4.H2/c1-5-14(2,3)8-6-7-9-19-13(17)10-15-12(16)11-18-4;/h5-11H2,1-4H3,(H,15,16);1H. The van der Waals surface area contributed by atoms with Gasteiger partial charge in [0.15, 0.2) is 0 Å². The fourth-order valence-corrected chi connectivity index (χ4v) is 1.47. The van der Waals surface area contributed by atoms with Crippen molar-refractivity contribution in [3.63, 3.8) is 0 Å². The van der Waals surface area contributed by atoms with Gasteiger partial charge in [-0.15, -0.1) is 0 Å². The molecular formula is C14H29NO4. The summed E-state index contributed by atoms with van der Waals surface area (Å²) in [5, 5.41) is 2.42. The van der Waals surface area contributed by atoms with Crippen molar-refractivity contribution in [2.45, 2.75) is 46.5 Å². The number of amides is 1. The van der Waals surface area contributed by atoms with E-state index < -0.39 is 5.97 Å². The first-order valence-corrected chi connectivity index (χ1v) is 6.82. The molecule has 0 radical (unpaired) electrons.